The fraction of sp³-hybridized carbons (Fsp3) is 0.368. The van der Waals surface area contributed by atoms with Gasteiger partial charge in [-0.05, 0) is 56.9 Å². The van der Waals surface area contributed by atoms with E-state index in [0.29, 0.717) is 23.8 Å². The summed E-state index contributed by atoms with van der Waals surface area (Å²) in [6, 6.07) is 10.1. The quantitative estimate of drug-likeness (QED) is 0.720. The van der Waals surface area contributed by atoms with E-state index in [1.165, 1.54) is 12.1 Å². The largest absolute Gasteiger partial charge is 0.461 e. The molecule has 0 spiro atoms. The van der Waals surface area contributed by atoms with Crippen molar-refractivity contribution in [2.45, 2.75) is 13.0 Å². The fourth-order valence-electron chi connectivity index (χ4n) is 3.23. The molecule has 0 atom stereocenters. The van der Waals surface area contributed by atoms with E-state index in [1.54, 1.807) is 17.0 Å². The van der Waals surface area contributed by atoms with Gasteiger partial charge in [-0.25, -0.2) is 14.1 Å². The summed E-state index contributed by atoms with van der Waals surface area (Å²) >= 11 is 0. The number of halogens is 1. The molecule has 1 saturated heterocycles. The summed E-state index contributed by atoms with van der Waals surface area (Å²) in [7, 11) is 2.15. The van der Waals surface area contributed by atoms with Crippen LogP contribution in [-0.2, 0) is 6.54 Å². The van der Waals surface area contributed by atoms with Crippen LogP contribution in [0, 0.1) is 5.82 Å². The Morgan fingerprint density at radius 1 is 1.12 bits per heavy atom. The Labute approximate surface area is 151 Å². The summed E-state index contributed by atoms with van der Waals surface area (Å²) in [6.45, 7) is 4.78. The lowest BCUT2D eigenvalue weighted by Crippen LogP contribution is -2.29. The molecule has 6 nitrogen and oxygen atoms in total. The molecule has 7 heteroatoms. The Morgan fingerprint density at radius 2 is 2.04 bits per heavy atom. The van der Waals surface area contributed by atoms with Gasteiger partial charge in [0.1, 0.15) is 11.6 Å². The van der Waals surface area contributed by atoms with E-state index in [9.17, 15) is 4.39 Å². The number of hydrogen-bond donors (Lipinski definition) is 0. The van der Waals surface area contributed by atoms with Crippen molar-refractivity contribution in [1.82, 2.24) is 24.6 Å². The van der Waals surface area contributed by atoms with Crippen molar-refractivity contribution in [1.29, 1.82) is 0 Å². The van der Waals surface area contributed by atoms with E-state index < -0.39 is 0 Å². The van der Waals surface area contributed by atoms with Gasteiger partial charge in [-0.2, -0.15) is 0 Å². The fourth-order valence-corrected chi connectivity index (χ4v) is 3.23. The topological polar surface area (TPSA) is 50.3 Å². The molecule has 136 valence electrons. The Balaban J connectivity index is 1.67. The number of likely N-dealkylation sites (N-methyl/N-ethyl adjacent to an activating group) is 1. The first-order valence-corrected chi connectivity index (χ1v) is 8.86. The summed E-state index contributed by atoms with van der Waals surface area (Å²) in [5.41, 5.74) is 0.664. The van der Waals surface area contributed by atoms with Gasteiger partial charge >= 0.3 is 0 Å². The third-order valence-corrected chi connectivity index (χ3v) is 4.65. The second-order valence-corrected chi connectivity index (χ2v) is 6.65. The van der Waals surface area contributed by atoms with Crippen LogP contribution in [-0.4, -0.2) is 57.8 Å². The number of nitrogens with zero attached hydrogens (tertiary/aromatic N) is 5. The van der Waals surface area contributed by atoms with Crippen molar-refractivity contribution in [3.8, 4) is 17.3 Å². The maximum atomic E-state index is 13.7. The molecule has 0 unspecified atom stereocenters. The van der Waals surface area contributed by atoms with Crippen LogP contribution in [0.25, 0.3) is 17.3 Å². The number of hydrogen-bond acceptors (Lipinski definition) is 5. The molecule has 4 rings (SSSR count). The molecule has 1 aliphatic rings. The van der Waals surface area contributed by atoms with Crippen molar-refractivity contribution in [2.24, 2.45) is 0 Å². The van der Waals surface area contributed by atoms with E-state index in [-0.39, 0.29) is 5.82 Å². The molecule has 0 amide bonds. The first-order chi connectivity index (χ1) is 12.7. The van der Waals surface area contributed by atoms with Crippen LogP contribution >= 0.6 is 0 Å². The van der Waals surface area contributed by atoms with Crippen LogP contribution in [0.3, 0.4) is 0 Å². The Morgan fingerprint density at radius 3 is 2.85 bits per heavy atom. The second-order valence-electron chi connectivity index (χ2n) is 6.65. The van der Waals surface area contributed by atoms with Gasteiger partial charge in [-0.1, -0.05) is 6.07 Å². The molecule has 0 radical (unpaired) electrons. The van der Waals surface area contributed by atoms with E-state index in [0.717, 1.165) is 38.4 Å². The van der Waals surface area contributed by atoms with E-state index in [1.807, 2.05) is 18.2 Å². The molecule has 2 aromatic heterocycles. The molecule has 0 aliphatic carbocycles. The zero-order chi connectivity index (χ0) is 17.9. The van der Waals surface area contributed by atoms with Gasteiger partial charge in [0, 0.05) is 13.1 Å². The second kappa shape index (κ2) is 7.39. The first-order valence-electron chi connectivity index (χ1n) is 8.86. The monoisotopic (exact) mass is 355 g/mol. The van der Waals surface area contributed by atoms with Crippen LogP contribution in [0.4, 0.5) is 4.39 Å². The maximum Gasteiger partial charge on any atom is 0.217 e. The highest BCUT2D eigenvalue weighted by atomic mass is 19.1. The lowest BCUT2D eigenvalue weighted by Gasteiger charge is -2.19. The molecular weight excluding hydrogens is 333 g/mol. The molecule has 26 heavy (non-hydrogen) atoms. The van der Waals surface area contributed by atoms with Crippen molar-refractivity contribution >= 4 is 0 Å². The number of furan rings is 1. The molecule has 3 aromatic rings. The third-order valence-electron chi connectivity index (χ3n) is 4.65. The summed E-state index contributed by atoms with van der Waals surface area (Å²) < 4.78 is 20.9. The molecule has 3 heterocycles. The van der Waals surface area contributed by atoms with Crippen LogP contribution in [0.1, 0.15) is 12.2 Å². The standard InChI is InChI=1S/C19H22FN5O/c1-23-8-4-9-24(11-10-23)14-18-21-19(17-7-3-12-26-17)22-25(18)16-6-2-5-15(20)13-16/h2-3,5-7,12-13H,4,8-11,14H2,1H3. The minimum absolute atomic E-state index is 0.292. The van der Waals surface area contributed by atoms with Crippen molar-refractivity contribution < 1.29 is 8.81 Å². The van der Waals surface area contributed by atoms with E-state index in [4.69, 9.17) is 4.42 Å². The summed E-state index contributed by atoms with van der Waals surface area (Å²) in [4.78, 5) is 9.39. The van der Waals surface area contributed by atoms with Gasteiger partial charge in [0.05, 0.1) is 18.5 Å². The third kappa shape index (κ3) is 3.68. The van der Waals surface area contributed by atoms with Gasteiger partial charge in [0.25, 0.3) is 0 Å². The first kappa shape index (κ1) is 16.9. The molecule has 0 N–H and O–H groups in total. The predicted octanol–water partition coefficient (Wildman–Crippen LogP) is 2.80. The summed E-state index contributed by atoms with van der Waals surface area (Å²) in [5, 5.41) is 4.58. The minimum Gasteiger partial charge on any atom is -0.461 e. The average molecular weight is 355 g/mol. The SMILES string of the molecule is CN1CCCN(Cc2nc(-c3ccco3)nn2-c2cccc(F)c2)CC1. The Kier molecular flexibility index (Phi) is 4.81. The van der Waals surface area contributed by atoms with E-state index in [2.05, 4.69) is 26.9 Å². The van der Waals surface area contributed by atoms with Gasteiger partial charge in [0.2, 0.25) is 5.82 Å². The zero-order valence-electron chi connectivity index (χ0n) is 14.8. The smallest absolute Gasteiger partial charge is 0.217 e. The van der Waals surface area contributed by atoms with Crippen molar-refractivity contribution in [2.75, 3.05) is 33.2 Å². The van der Waals surface area contributed by atoms with Crippen LogP contribution in [0.15, 0.2) is 47.1 Å². The molecule has 0 saturated carbocycles. The number of benzene rings is 1. The zero-order valence-corrected chi connectivity index (χ0v) is 14.8. The lowest BCUT2D eigenvalue weighted by molar-refractivity contribution is 0.261. The molecule has 1 aromatic carbocycles. The Hall–Kier alpha value is -2.51. The maximum absolute atomic E-state index is 13.7. The van der Waals surface area contributed by atoms with Gasteiger partial charge in [0.15, 0.2) is 5.76 Å². The predicted molar refractivity (Wildman–Crippen MR) is 96.4 cm³/mol. The number of rotatable bonds is 4. The van der Waals surface area contributed by atoms with Crippen LogP contribution in [0.5, 0.6) is 0 Å². The van der Waals surface area contributed by atoms with E-state index >= 15 is 0 Å². The molecule has 1 aliphatic heterocycles. The van der Waals surface area contributed by atoms with Crippen molar-refractivity contribution in [3.63, 3.8) is 0 Å². The normalized spacial score (nSPS) is 16.7. The van der Waals surface area contributed by atoms with Crippen LogP contribution in [0.2, 0.25) is 0 Å². The number of aromatic nitrogens is 3. The Bertz CT molecular complexity index is 861. The summed E-state index contributed by atoms with van der Waals surface area (Å²) in [5.74, 6) is 1.62. The molecule has 0 bridgehead atoms. The van der Waals surface area contributed by atoms with Gasteiger partial charge in [-0.3, -0.25) is 4.90 Å². The van der Waals surface area contributed by atoms with Gasteiger partial charge in [-0.15, -0.1) is 5.10 Å². The molecular formula is C19H22FN5O. The van der Waals surface area contributed by atoms with Crippen LogP contribution < -0.4 is 0 Å². The summed E-state index contributed by atoms with van der Waals surface area (Å²) in [6.07, 6.45) is 2.72. The highest BCUT2D eigenvalue weighted by Crippen LogP contribution is 2.20. The minimum atomic E-state index is -0.292. The molecule has 1 fully saturated rings. The highest BCUT2D eigenvalue weighted by molar-refractivity contribution is 5.47. The average Bonchev–Trinajstić information content (AvgIpc) is 3.25. The van der Waals surface area contributed by atoms with Gasteiger partial charge < -0.3 is 9.32 Å². The van der Waals surface area contributed by atoms with Crippen molar-refractivity contribution in [3.05, 3.63) is 54.3 Å². The highest BCUT2D eigenvalue weighted by Gasteiger charge is 2.19. The lowest BCUT2D eigenvalue weighted by atomic mass is 10.3.